The summed E-state index contributed by atoms with van der Waals surface area (Å²) in [5, 5.41) is 4.52. The van der Waals surface area contributed by atoms with Gasteiger partial charge in [0.2, 0.25) is 0 Å². The van der Waals surface area contributed by atoms with Crippen molar-refractivity contribution in [2.24, 2.45) is 0 Å². The molecule has 1 saturated heterocycles. The van der Waals surface area contributed by atoms with E-state index in [9.17, 15) is 0 Å². The van der Waals surface area contributed by atoms with Gasteiger partial charge in [-0.05, 0) is 62.1 Å². The molecule has 3 heteroatoms. The molecular weight excluding hydrogens is 447 g/mol. The van der Waals surface area contributed by atoms with Crippen LogP contribution in [0.1, 0.15) is 64.2 Å². The molecule has 2 nitrogen and oxygen atoms in total. The SMILES string of the molecule is c1ccc([P+](CCCCCCCCCCCC2OCCO2)(c2ccccc2)c2ccccc2)cc1. The number of rotatable bonds is 15. The maximum Gasteiger partial charge on any atom is 0.157 e. The molecule has 1 fully saturated rings. The van der Waals surface area contributed by atoms with E-state index in [1.807, 2.05) is 0 Å². The normalized spacial score (nSPS) is 14.4. The molecule has 0 amide bonds. The second-order valence-corrected chi connectivity index (χ2v) is 13.3. The Morgan fingerprint density at radius 1 is 0.486 bits per heavy atom. The van der Waals surface area contributed by atoms with E-state index in [0.29, 0.717) is 0 Å². The van der Waals surface area contributed by atoms with Crippen molar-refractivity contribution >= 4 is 23.2 Å². The van der Waals surface area contributed by atoms with Gasteiger partial charge in [0.25, 0.3) is 0 Å². The molecule has 1 heterocycles. The third-order valence-corrected chi connectivity index (χ3v) is 11.7. The van der Waals surface area contributed by atoms with Crippen molar-refractivity contribution in [2.45, 2.75) is 70.5 Å². The Kier molecular flexibility index (Phi) is 10.8. The van der Waals surface area contributed by atoms with Gasteiger partial charge >= 0.3 is 0 Å². The maximum absolute atomic E-state index is 5.52. The highest BCUT2D eigenvalue weighted by molar-refractivity contribution is 7.95. The molecule has 4 rings (SSSR count). The van der Waals surface area contributed by atoms with Gasteiger partial charge in [0.15, 0.2) is 6.29 Å². The van der Waals surface area contributed by atoms with Crippen LogP contribution in [-0.4, -0.2) is 25.7 Å². The highest BCUT2D eigenvalue weighted by Gasteiger charge is 2.44. The number of hydrogen-bond donors (Lipinski definition) is 0. The topological polar surface area (TPSA) is 18.5 Å². The molecule has 1 aliphatic heterocycles. The van der Waals surface area contributed by atoms with Crippen molar-refractivity contribution in [3.63, 3.8) is 0 Å². The Labute approximate surface area is 213 Å². The van der Waals surface area contributed by atoms with Gasteiger partial charge in [-0.3, -0.25) is 0 Å². The van der Waals surface area contributed by atoms with Gasteiger partial charge in [-0.1, -0.05) is 93.1 Å². The van der Waals surface area contributed by atoms with Crippen LogP contribution in [0.25, 0.3) is 0 Å². The van der Waals surface area contributed by atoms with Gasteiger partial charge in [0.1, 0.15) is 23.2 Å². The lowest BCUT2D eigenvalue weighted by Crippen LogP contribution is -2.33. The zero-order valence-electron chi connectivity index (χ0n) is 21.2. The van der Waals surface area contributed by atoms with Crippen LogP contribution in [0.4, 0.5) is 0 Å². The summed E-state index contributed by atoms with van der Waals surface area (Å²) < 4.78 is 11.0. The minimum Gasteiger partial charge on any atom is -0.350 e. The predicted octanol–water partition coefficient (Wildman–Crippen LogP) is 7.25. The molecule has 0 radical (unpaired) electrons. The first kappa shape index (κ1) is 26.1. The molecule has 0 saturated carbocycles. The molecule has 0 N–H and O–H groups in total. The smallest absolute Gasteiger partial charge is 0.157 e. The lowest BCUT2D eigenvalue weighted by Gasteiger charge is -2.27. The first-order chi connectivity index (χ1) is 17.4. The third kappa shape index (κ3) is 7.50. The lowest BCUT2D eigenvalue weighted by molar-refractivity contribution is -0.0480. The van der Waals surface area contributed by atoms with Crippen LogP contribution in [0.15, 0.2) is 91.0 Å². The van der Waals surface area contributed by atoms with Crippen molar-refractivity contribution in [2.75, 3.05) is 19.4 Å². The fourth-order valence-corrected chi connectivity index (χ4v) is 9.76. The molecule has 186 valence electrons. The van der Waals surface area contributed by atoms with E-state index < -0.39 is 7.26 Å². The van der Waals surface area contributed by atoms with Crippen LogP contribution in [0.2, 0.25) is 0 Å². The fourth-order valence-electron chi connectivity index (χ4n) is 5.35. The van der Waals surface area contributed by atoms with Crippen molar-refractivity contribution in [1.82, 2.24) is 0 Å². The standard InChI is InChI=1S/C32H42O2P/c1(2-4-6-17-25-32-33-26-27-34-32)3-5-7-18-28-35(29-19-11-8-12-20-29,30-21-13-9-14-22-30)31-23-15-10-16-24-31/h8-16,19-24,32H,1-7,17-18,25-28H2/q+1. The molecule has 0 aromatic heterocycles. The predicted molar refractivity (Wildman–Crippen MR) is 152 cm³/mol. The van der Waals surface area contributed by atoms with E-state index in [0.717, 1.165) is 19.6 Å². The monoisotopic (exact) mass is 489 g/mol. The van der Waals surface area contributed by atoms with Crippen LogP contribution >= 0.6 is 7.26 Å². The molecule has 3 aromatic rings. The summed E-state index contributed by atoms with van der Waals surface area (Å²) in [5.74, 6) is 0. The van der Waals surface area contributed by atoms with Crippen LogP contribution in [-0.2, 0) is 9.47 Å². The minimum absolute atomic E-state index is 0.0765. The highest BCUT2D eigenvalue weighted by Crippen LogP contribution is 2.56. The van der Waals surface area contributed by atoms with Gasteiger partial charge in [0, 0.05) is 0 Å². The van der Waals surface area contributed by atoms with Crippen LogP contribution in [0, 0.1) is 0 Å². The summed E-state index contributed by atoms with van der Waals surface area (Å²) in [4.78, 5) is 0. The molecule has 1 aliphatic rings. The molecule has 0 unspecified atom stereocenters. The van der Waals surface area contributed by atoms with E-state index in [-0.39, 0.29) is 6.29 Å². The van der Waals surface area contributed by atoms with E-state index in [1.54, 1.807) is 0 Å². The van der Waals surface area contributed by atoms with Crippen molar-refractivity contribution in [1.29, 1.82) is 0 Å². The Bertz CT molecular complexity index is 842. The minimum atomic E-state index is -1.66. The van der Waals surface area contributed by atoms with Crippen molar-refractivity contribution in [3.8, 4) is 0 Å². The van der Waals surface area contributed by atoms with E-state index in [2.05, 4.69) is 91.0 Å². The summed E-state index contributed by atoms with van der Waals surface area (Å²) in [5.41, 5.74) is 0. The molecule has 0 bridgehead atoms. The number of ether oxygens (including phenoxy) is 2. The van der Waals surface area contributed by atoms with Crippen LogP contribution < -0.4 is 15.9 Å². The summed E-state index contributed by atoms with van der Waals surface area (Å²) >= 11 is 0. The fraction of sp³-hybridized carbons (Fsp3) is 0.438. The molecular formula is C32H42O2P+. The largest absolute Gasteiger partial charge is 0.350 e. The van der Waals surface area contributed by atoms with Crippen LogP contribution in [0.3, 0.4) is 0 Å². The van der Waals surface area contributed by atoms with Gasteiger partial charge < -0.3 is 9.47 Å². The maximum atomic E-state index is 5.52. The summed E-state index contributed by atoms with van der Waals surface area (Å²) in [6.07, 6.45) is 14.3. The first-order valence-corrected chi connectivity index (χ1v) is 15.7. The van der Waals surface area contributed by atoms with Crippen molar-refractivity contribution in [3.05, 3.63) is 91.0 Å². The highest BCUT2D eigenvalue weighted by atomic mass is 31.2. The quantitative estimate of drug-likeness (QED) is 0.165. The Morgan fingerprint density at radius 2 is 0.857 bits per heavy atom. The average Bonchev–Trinajstić information content (AvgIpc) is 3.45. The zero-order chi connectivity index (χ0) is 24.0. The molecule has 3 aromatic carbocycles. The number of unbranched alkanes of at least 4 members (excludes halogenated alkanes) is 8. The Morgan fingerprint density at radius 3 is 1.29 bits per heavy atom. The number of hydrogen-bond acceptors (Lipinski definition) is 2. The summed E-state index contributed by atoms with van der Waals surface area (Å²) in [7, 11) is -1.66. The second kappa shape index (κ2) is 14.5. The van der Waals surface area contributed by atoms with E-state index in [1.165, 1.54) is 79.9 Å². The van der Waals surface area contributed by atoms with Gasteiger partial charge in [-0.25, -0.2) is 0 Å². The molecule has 0 atom stereocenters. The number of benzene rings is 3. The Balaban J connectivity index is 1.27. The molecule has 35 heavy (non-hydrogen) atoms. The van der Waals surface area contributed by atoms with Gasteiger partial charge in [-0.2, -0.15) is 0 Å². The molecule has 0 spiro atoms. The first-order valence-electron chi connectivity index (χ1n) is 13.7. The van der Waals surface area contributed by atoms with Gasteiger partial charge in [0.05, 0.1) is 19.4 Å². The Hall–Kier alpha value is -1.99. The van der Waals surface area contributed by atoms with E-state index in [4.69, 9.17) is 9.47 Å². The second-order valence-electron chi connectivity index (χ2n) is 9.68. The molecule has 0 aliphatic carbocycles. The lowest BCUT2D eigenvalue weighted by atomic mass is 10.1. The van der Waals surface area contributed by atoms with E-state index >= 15 is 0 Å². The third-order valence-electron chi connectivity index (χ3n) is 7.22. The zero-order valence-corrected chi connectivity index (χ0v) is 22.1. The van der Waals surface area contributed by atoms with Crippen molar-refractivity contribution < 1.29 is 9.47 Å². The summed E-state index contributed by atoms with van der Waals surface area (Å²) in [6, 6.07) is 33.9. The summed E-state index contributed by atoms with van der Waals surface area (Å²) in [6.45, 7) is 1.55. The average molecular weight is 490 g/mol. The van der Waals surface area contributed by atoms with Crippen LogP contribution in [0.5, 0.6) is 0 Å². The van der Waals surface area contributed by atoms with Gasteiger partial charge in [-0.15, -0.1) is 0 Å².